The van der Waals surface area contributed by atoms with Gasteiger partial charge in [-0.2, -0.15) is 5.10 Å². The minimum atomic E-state index is -0.933. The maximum Gasteiger partial charge on any atom is 0.223 e. The van der Waals surface area contributed by atoms with Gasteiger partial charge in [-0.25, -0.2) is 8.78 Å². The Hall–Kier alpha value is -2.48. The van der Waals surface area contributed by atoms with Crippen LogP contribution in [0.5, 0.6) is 5.75 Å². The van der Waals surface area contributed by atoms with Crippen LogP contribution in [0.2, 0.25) is 0 Å². The number of halogens is 2. The summed E-state index contributed by atoms with van der Waals surface area (Å²) >= 11 is 0. The summed E-state index contributed by atoms with van der Waals surface area (Å²) in [5.74, 6) is -0.807. The largest absolute Gasteiger partial charge is 0.493 e. The van der Waals surface area contributed by atoms with Gasteiger partial charge in [0.2, 0.25) is 5.91 Å². The van der Waals surface area contributed by atoms with Gasteiger partial charge in [0.25, 0.3) is 0 Å². The number of amides is 1. The SMILES string of the molecule is O=C(CC1CCCC1)N1CCO[C@H](c2cc(CCOc3ccc(F)c(F)c3)[nH]n2)C1. The molecule has 2 aliphatic rings. The van der Waals surface area contributed by atoms with E-state index in [9.17, 15) is 13.6 Å². The Morgan fingerprint density at radius 2 is 2.07 bits per heavy atom. The van der Waals surface area contributed by atoms with E-state index in [4.69, 9.17) is 9.47 Å². The van der Waals surface area contributed by atoms with E-state index < -0.39 is 11.6 Å². The monoisotopic (exact) mass is 419 g/mol. The van der Waals surface area contributed by atoms with E-state index in [-0.39, 0.29) is 17.8 Å². The number of ether oxygens (including phenoxy) is 2. The molecule has 162 valence electrons. The number of carbonyl (C=O) groups excluding carboxylic acids is 1. The molecule has 1 aliphatic carbocycles. The predicted molar refractivity (Wildman–Crippen MR) is 106 cm³/mol. The number of H-pyrrole nitrogens is 1. The lowest BCUT2D eigenvalue weighted by molar-refractivity contribution is -0.140. The molecule has 1 aromatic heterocycles. The Kier molecular flexibility index (Phi) is 6.62. The lowest BCUT2D eigenvalue weighted by Crippen LogP contribution is -2.42. The number of aromatic amines is 1. The van der Waals surface area contributed by atoms with Crippen molar-refractivity contribution in [3.8, 4) is 5.75 Å². The summed E-state index contributed by atoms with van der Waals surface area (Å²) in [6.07, 6.45) is 5.72. The van der Waals surface area contributed by atoms with Crippen LogP contribution >= 0.6 is 0 Å². The van der Waals surface area contributed by atoms with E-state index in [1.165, 1.54) is 18.9 Å². The molecular weight excluding hydrogens is 392 g/mol. The molecule has 30 heavy (non-hydrogen) atoms. The van der Waals surface area contributed by atoms with Crippen LogP contribution < -0.4 is 4.74 Å². The fourth-order valence-electron chi connectivity index (χ4n) is 4.16. The van der Waals surface area contributed by atoms with Crippen LogP contribution in [-0.2, 0) is 16.0 Å². The summed E-state index contributed by atoms with van der Waals surface area (Å²) < 4.78 is 37.5. The van der Waals surface area contributed by atoms with E-state index in [0.717, 1.165) is 36.4 Å². The van der Waals surface area contributed by atoms with Crippen molar-refractivity contribution in [1.82, 2.24) is 15.1 Å². The Balaban J connectivity index is 1.27. The molecule has 1 aliphatic heterocycles. The van der Waals surface area contributed by atoms with E-state index >= 15 is 0 Å². The molecular formula is C22H27F2N3O3. The standard InChI is InChI=1S/C22H27F2N3O3/c23-18-6-5-17(13-19(18)24)29-9-7-16-12-20(26-25-16)21-14-27(8-10-30-21)22(28)11-15-3-1-2-4-15/h5-6,12-13,15,21H,1-4,7-11,14H2,(H,25,26)/t21-/m0/s1. The minimum Gasteiger partial charge on any atom is -0.493 e. The molecule has 0 unspecified atom stereocenters. The Labute approximate surface area is 174 Å². The molecule has 2 heterocycles. The zero-order valence-corrected chi connectivity index (χ0v) is 16.9. The number of aromatic nitrogens is 2. The van der Waals surface area contributed by atoms with Gasteiger partial charge >= 0.3 is 0 Å². The van der Waals surface area contributed by atoms with Gasteiger partial charge in [0, 0.05) is 31.1 Å². The van der Waals surface area contributed by atoms with Crippen molar-refractivity contribution in [1.29, 1.82) is 0 Å². The molecule has 1 saturated carbocycles. The highest BCUT2D eigenvalue weighted by atomic mass is 19.2. The molecule has 1 amide bonds. The molecule has 2 fully saturated rings. The summed E-state index contributed by atoms with van der Waals surface area (Å²) in [5, 5.41) is 7.30. The summed E-state index contributed by atoms with van der Waals surface area (Å²) in [6.45, 7) is 1.94. The van der Waals surface area contributed by atoms with E-state index in [1.54, 1.807) is 0 Å². The minimum absolute atomic E-state index is 0.214. The van der Waals surface area contributed by atoms with Gasteiger partial charge in [0.05, 0.1) is 25.5 Å². The number of hydrogen-bond acceptors (Lipinski definition) is 4. The van der Waals surface area contributed by atoms with Crippen LogP contribution in [-0.4, -0.2) is 47.3 Å². The lowest BCUT2D eigenvalue weighted by atomic mass is 10.0. The first-order valence-corrected chi connectivity index (χ1v) is 10.6. The van der Waals surface area contributed by atoms with Gasteiger partial charge in [-0.3, -0.25) is 9.89 Å². The first kappa shape index (κ1) is 20.8. The molecule has 8 heteroatoms. The van der Waals surface area contributed by atoms with Crippen LogP contribution in [0, 0.1) is 17.6 Å². The second-order valence-corrected chi connectivity index (χ2v) is 8.05. The second kappa shape index (κ2) is 9.55. The molecule has 1 N–H and O–H groups in total. The molecule has 6 nitrogen and oxygen atoms in total. The first-order chi connectivity index (χ1) is 14.6. The van der Waals surface area contributed by atoms with Crippen LogP contribution in [0.1, 0.15) is 49.6 Å². The maximum absolute atomic E-state index is 13.2. The van der Waals surface area contributed by atoms with Crippen LogP contribution in [0.25, 0.3) is 0 Å². The molecule has 0 spiro atoms. The predicted octanol–water partition coefficient (Wildman–Crippen LogP) is 3.79. The molecule has 0 bridgehead atoms. The van der Waals surface area contributed by atoms with E-state index in [2.05, 4.69) is 10.2 Å². The fourth-order valence-corrected chi connectivity index (χ4v) is 4.16. The second-order valence-electron chi connectivity index (χ2n) is 8.05. The first-order valence-electron chi connectivity index (χ1n) is 10.6. The van der Waals surface area contributed by atoms with Gasteiger partial charge in [0.1, 0.15) is 11.9 Å². The number of carbonyl (C=O) groups is 1. The molecule has 1 saturated heterocycles. The third-order valence-corrected chi connectivity index (χ3v) is 5.87. The summed E-state index contributed by atoms with van der Waals surface area (Å²) in [7, 11) is 0. The summed E-state index contributed by atoms with van der Waals surface area (Å²) in [4.78, 5) is 14.5. The smallest absolute Gasteiger partial charge is 0.223 e. The topological polar surface area (TPSA) is 67.5 Å². The van der Waals surface area contributed by atoms with Gasteiger partial charge < -0.3 is 14.4 Å². The lowest BCUT2D eigenvalue weighted by Gasteiger charge is -2.32. The summed E-state index contributed by atoms with van der Waals surface area (Å²) in [5.41, 5.74) is 1.61. The molecule has 2 aromatic rings. The van der Waals surface area contributed by atoms with Crippen molar-refractivity contribution in [3.05, 3.63) is 47.3 Å². The fraction of sp³-hybridized carbons (Fsp3) is 0.545. The maximum atomic E-state index is 13.2. The normalized spacial score (nSPS) is 19.9. The zero-order chi connectivity index (χ0) is 20.9. The summed E-state index contributed by atoms with van der Waals surface area (Å²) in [6, 6.07) is 5.37. The number of morpholine rings is 1. The van der Waals surface area contributed by atoms with Crippen LogP contribution in [0.4, 0.5) is 8.78 Å². The number of hydrogen-bond donors (Lipinski definition) is 1. The van der Waals surface area contributed by atoms with E-state index in [0.29, 0.717) is 45.1 Å². The number of nitrogens with one attached hydrogen (secondary N) is 1. The quantitative estimate of drug-likeness (QED) is 0.742. The molecule has 0 radical (unpaired) electrons. The highest BCUT2D eigenvalue weighted by Gasteiger charge is 2.29. The Bertz CT molecular complexity index is 867. The average Bonchev–Trinajstić information content (AvgIpc) is 3.43. The van der Waals surface area contributed by atoms with Gasteiger partial charge in [-0.15, -0.1) is 0 Å². The van der Waals surface area contributed by atoms with Crippen molar-refractivity contribution in [2.24, 2.45) is 5.92 Å². The molecule has 4 rings (SSSR count). The highest BCUT2D eigenvalue weighted by molar-refractivity contribution is 5.76. The Morgan fingerprint density at radius 3 is 2.87 bits per heavy atom. The molecule has 1 atom stereocenters. The van der Waals surface area contributed by atoms with Crippen molar-refractivity contribution in [2.75, 3.05) is 26.3 Å². The average molecular weight is 419 g/mol. The zero-order valence-electron chi connectivity index (χ0n) is 16.9. The third-order valence-electron chi connectivity index (χ3n) is 5.87. The Morgan fingerprint density at radius 1 is 1.23 bits per heavy atom. The van der Waals surface area contributed by atoms with Gasteiger partial charge in [-0.05, 0) is 37.0 Å². The third kappa shape index (κ3) is 5.16. The number of nitrogens with zero attached hydrogens (tertiary/aromatic N) is 2. The van der Waals surface area contributed by atoms with Gasteiger partial charge in [-0.1, -0.05) is 12.8 Å². The number of benzene rings is 1. The van der Waals surface area contributed by atoms with Crippen molar-refractivity contribution in [2.45, 2.75) is 44.6 Å². The van der Waals surface area contributed by atoms with Crippen molar-refractivity contribution < 1.29 is 23.0 Å². The van der Waals surface area contributed by atoms with Crippen molar-refractivity contribution in [3.63, 3.8) is 0 Å². The number of rotatable bonds is 7. The van der Waals surface area contributed by atoms with E-state index in [1.807, 2.05) is 11.0 Å². The molecule has 1 aromatic carbocycles. The van der Waals surface area contributed by atoms with Crippen LogP contribution in [0.3, 0.4) is 0 Å². The van der Waals surface area contributed by atoms with Gasteiger partial charge in [0.15, 0.2) is 11.6 Å². The van der Waals surface area contributed by atoms with Crippen LogP contribution in [0.15, 0.2) is 24.3 Å². The van der Waals surface area contributed by atoms with Crippen molar-refractivity contribution >= 4 is 5.91 Å². The highest BCUT2D eigenvalue weighted by Crippen LogP contribution is 2.29.